The first-order valence-electron chi connectivity index (χ1n) is 9.25. The molecule has 0 saturated heterocycles. The van der Waals surface area contributed by atoms with E-state index >= 15 is 0 Å². The lowest BCUT2D eigenvalue weighted by molar-refractivity contribution is -0.278. The van der Waals surface area contributed by atoms with E-state index in [9.17, 15) is 62.6 Å². The topological polar surface area (TPSA) is 83.7 Å². The Morgan fingerprint density at radius 2 is 1.05 bits per heavy atom. The fraction of sp³-hybridized carbons (Fsp3) is 0.263. The quantitative estimate of drug-likeness (QED) is 0.324. The molecule has 0 bridgehead atoms. The number of alkyl halides is 12. The molecule has 0 aliphatic rings. The van der Waals surface area contributed by atoms with Crippen LogP contribution in [0, 0.1) is 6.92 Å². The lowest BCUT2D eigenvalue weighted by atomic mass is 10.0. The van der Waals surface area contributed by atoms with Crippen LogP contribution in [-0.2, 0) is 24.7 Å². The number of aryl methyl sites for hydroxylation is 1. The molecule has 0 amide bonds. The van der Waals surface area contributed by atoms with Crippen LogP contribution < -0.4 is 5.11 Å². The maximum Gasteiger partial charge on any atom is 0.433 e. The molecule has 0 atom stereocenters. The van der Waals surface area contributed by atoms with E-state index in [1.54, 1.807) is 0 Å². The van der Waals surface area contributed by atoms with Crippen molar-refractivity contribution in [3.63, 3.8) is 0 Å². The predicted octanol–water partition coefficient (Wildman–Crippen LogP) is 5.35. The maximum atomic E-state index is 13.1. The number of ketones is 1. The summed E-state index contributed by atoms with van der Waals surface area (Å²) >= 11 is 0. The molecular formula is C19H7F12N4O2-. The van der Waals surface area contributed by atoms with Crippen molar-refractivity contribution < 1.29 is 62.6 Å². The van der Waals surface area contributed by atoms with Gasteiger partial charge in [0.1, 0.15) is 22.8 Å². The highest BCUT2D eigenvalue weighted by Gasteiger charge is 2.41. The fourth-order valence-electron chi connectivity index (χ4n) is 2.97. The van der Waals surface area contributed by atoms with Gasteiger partial charge in [-0.05, 0) is 31.2 Å². The molecule has 0 radical (unpaired) electrons. The number of rotatable bonds is 3. The summed E-state index contributed by atoms with van der Waals surface area (Å²) in [7, 11) is 0. The molecule has 0 N–H and O–H groups in total. The van der Waals surface area contributed by atoms with Gasteiger partial charge in [0.05, 0.1) is 16.9 Å². The van der Waals surface area contributed by atoms with Gasteiger partial charge < -0.3 is 5.11 Å². The molecule has 3 aromatic heterocycles. The van der Waals surface area contributed by atoms with E-state index in [0.717, 1.165) is 6.92 Å². The average molecular weight is 551 g/mol. The van der Waals surface area contributed by atoms with E-state index in [0.29, 0.717) is 0 Å². The van der Waals surface area contributed by atoms with Crippen LogP contribution in [0.3, 0.4) is 0 Å². The van der Waals surface area contributed by atoms with Crippen molar-refractivity contribution in [2.75, 3.05) is 0 Å². The molecule has 0 unspecified atom stereocenters. The molecule has 0 saturated carbocycles. The third kappa shape index (κ3) is 5.61. The Labute approximate surface area is 196 Å². The van der Waals surface area contributed by atoms with Gasteiger partial charge in [-0.1, -0.05) is 0 Å². The first kappa shape index (κ1) is 27.7. The predicted molar refractivity (Wildman–Crippen MR) is 93.2 cm³/mol. The third-order valence-corrected chi connectivity index (χ3v) is 4.55. The molecule has 0 aliphatic carbocycles. The van der Waals surface area contributed by atoms with Crippen LogP contribution in [0.4, 0.5) is 52.7 Å². The molecule has 200 valence electrons. The van der Waals surface area contributed by atoms with Crippen molar-refractivity contribution in [2.24, 2.45) is 0 Å². The van der Waals surface area contributed by atoms with Crippen LogP contribution >= 0.6 is 0 Å². The molecule has 3 rings (SSSR count). The fourth-order valence-corrected chi connectivity index (χ4v) is 2.97. The molecule has 0 aliphatic heterocycles. The molecule has 3 aromatic rings. The minimum absolute atomic E-state index is 0.0205. The molecule has 6 nitrogen and oxygen atoms in total. The van der Waals surface area contributed by atoms with Crippen LogP contribution in [0.2, 0.25) is 0 Å². The number of carbonyl (C=O) groups is 1. The first-order valence-corrected chi connectivity index (χ1v) is 9.25. The van der Waals surface area contributed by atoms with Crippen LogP contribution in [0.1, 0.15) is 44.4 Å². The summed E-state index contributed by atoms with van der Waals surface area (Å²) in [5, 5.41) is 16.1. The molecule has 0 aromatic carbocycles. The monoisotopic (exact) mass is 551 g/mol. The van der Waals surface area contributed by atoms with Gasteiger partial charge in [0.25, 0.3) is 0 Å². The van der Waals surface area contributed by atoms with Gasteiger partial charge in [0.2, 0.25) is 0 Å². The maximum absolute atomic E-state index is 13.1. The van der Waals surface area contributed by atoms with E-state index in [1.807, 2.05) is 0 Å². The Bertz CT molecular complexity index is 1300. The molecule has 37 heavy (non-hydrogen) atoms. The van der Waals surface area contributed by atoms with E-state index < -0.39 is 81.7 Å². The van der Waals surface area contributed by atoms with Crippen LogP contribution in [0.15, 0.2) is 24.3 Å². The summed E-state index contributed by atoms with van der Waals surface area (Å²) in [6.07, 6.45) is -21.8. The second-order valence-electron chi connectivity index (χ2n) is 7.22. The number of hydrogen-bond acceptors (Lipinski definition) is 5. The summed E-state index contributed by atoms with van der Waals surface area (Å²) in [4.78, 5) is 17.6. The Morgan fingerprint density at radius 1 is 0.703 bits per heavy atom. The number of hydrogen-bond donors (Lipinski definition) is 0. The van der Waals surface area contributed by atoms with Crippen LogP contribution in [-0.4, -0.2) is 25.5 Å². The molecular weight excluding hydrogens is 544 g/mol. The van der Waals surface area contributed by atoms with Crippen molar-refractivity contribution in [3.05, 3.63) is 63.9 Å². The molecule has 0 spiro atoms. The third-order valence-electron chi connectivity index (χ3n) is 4.55. The summed E-state index contributed by atoms with van der Waals surface area (Å²) in [5.41, 5.74) is -12.9. The Morgan fingerprint density at radius 3 is 1.41 bits per heavy atom. The zero-order valence-corrected chi connectivity index (χ0v) is 17.5. The Hall–Kier alpha value is -3.86. The first-order chi connectivity index (χ1) is 16.6. The number of aromatic nitrogens is 4. The largest absolute Gasteiger partial charge is 0.858 e. The standard InChI is InChI=1S/C19H8F12N4O2/c1-6-13(14(36)7-2-9(16(20,21)22)32-10(3-7)17(23,24)25)15(37)35(34-6)8-4-11(18(26,27)28)33-12(5-8)19(29,30)31/h2-5,37H,1H3/p-1. The van der Waals surface area contributed by atoms with Gasteiger partial charge in [-0.2, -0.15) is 57.8 Å². The second kappa shape index (κ2) is 8.62. The van der Waals surface area contributed by atoms with Gasteiger partial charge in [0, 0.05) is 11.4 Å². The van der Waals surface area contributed by atoms with Crippen LogP contribution in [0.5, 0.6) is 5.88 Å². The Balaban J connectivity index is 2.22. The minimum atomic E-state index is -5.46. The summed E-state index contributed by atoms with van der Waals surface area (Å²) in [6, 6.07) is -0.256. The van der Waals surface area contributed by atoms with Crippen LogP contribution in [0.25, 0.3) is 5.69 Å². The smallest absolute Gasteiger partial charge is 0.433 e. The molecule has 3 heterocycles. The van der Waals surface area contributed by atoms with Crippen molar-refractivity contribution >= 4 is 5.78 Å². The number of pyridine rings is 2. The van der Waals surface area contributed by atoms with Gasteiger partial charge >= 0.3 is 24.7 Å². The van der Waals surface area contributed by atoms with Gasteiger partial charge in [-0.25, -0.2) is 14.6 Å². The highest BCUT2D eigenvalue weighted by Crippen LogP contribution is 2.37. The van der Waals surface area contributed by atoms with Gasteiger partial charge in [-0.3, -0.25) is 4.79 Å². The summed E-state index contributed by atoms with van der Waals surface area (Å²) in [6.45, 7) is 0.832. The van der Waals surface area contributed by atoms with Crippen molar-refractivity contribution in [1.29, 1.82) is 0 Å². The van der Waals surface area contributed by atoms with E-state index in [1.165, 1.54) is 0 Å². The minimum Gasteiger partial charge on any atom is -0.858 e. The molecule has 18 heteroatoms. The lowest BCUT2D eigenvalue weighted by Gasteiger charge is -2.17. The summed E-state index contributed by atoms with van der Waals surface area (Å²) in [5.74, 6) is -3.48. The SMILES string of the molecule is Cc1nn(-c2cc(C(F)(F)F)nc(C(F)(F)F)c2)c([O-])c1C(=O)c1cc(C(F)(F)F)nc(C(F)(F)F)c1. The zero-order chi connectivity index (χ0) is 28.3. The average Bonchev–Trinajstić information content (AvgIpc) is 3.04. The Kier molecular flexibility index (Phi) is 6.46. The highest BCUT2D eigenvalue weighted by atomic mass is 19.4. The number of carbonyl (C=O) groups excluding carboxylic acids is 1. The van der Waals surface area contributed by atoms with Crippen molar-refractivity contribution in [2.45, 2.75) is 31.6 Å². The highest BCUT2D eigenvalue weighted by molar-refractivity contribution is 6.11. The second-order valence-corrected chi connectivity index (χ2v) is 7.22. The van der Waals surface area contributed by atoms with Crippen molar-refractivity contribution in [3.8, 4) is 11.6 Å². The van der Waals surface area contributed by atoms with Gasteiger partial charge in [0.15, 0.2) is 5.78 Å². The lowest BCUT2D eigenvalue weighted by Crippen LogP contribution is -2.18. The van der Waals surface area contributed by atoms with E-state index in [4.69, 9.17) is 0 Å². The van der Waals surface area contributed by atoms with E-state index in [2.05, 4.69) is 15.1 Å². The van der Waals surface area contributed by atoms with Crippen molar-refractivity contribution in [1.82, 2.24) is 19.7 Å². The number of halogens is 12. The summed E-state index contributed by atoms with van der Waals surface area (Å²) < 4.78 is 157. The van der Waals surface area contributed by atoms with Gasteiger partial charge in [-0.15, -0.1) is 0 Å². The zero-order valence-electron chi connectivity index (χ0n) is 17.5. The molecule has 0 fully saturated rings. The van der Waals surface area contributed by atoms with E-state index in [-0.39, 0.29) is 28.9 Å². The number of nitrogens with zero attached hydrogens (tertiary/aromatic N) is 4. The normalized spacial score (nSPS) is 13.2.